The zero-order valence-electron chi connectivity index (χ0n) is 6.13. The molecule has 0 aromatic carbocycles. The molecule has 3 heteroatoms. The predicted molar refractivity (Wildman–Crippen MR) is 42.4 cm³/mol. The summed E-state index contributed by atoms with van der Waals surface area (Å²) in [4.78, 5) is 11.1. The lowest BCUT2D eigenvalue weighted by Gasteiger charge is -2.05. The second-order valence-electron chi connectivity index (χ2n) is 2.40. The number of carbonyl (C=O) groups excluding carboxylic acids is 1. The Morgan fingerprint density at radius 3 is 3.10 bits per heavy atom. The molecule has 1 atom stereocenters. The number of ketones is 1. The SMILES string of the molecule is CSCC(=O)C1CCCO1. The van der Waals surface area contributed by atoms with Crippen molar-refractivity contribution in [1.29, 1.82) is 0 Å². The van der Waals surface area contributed by atoms with Crippen molar-refractivity contribution in [2.45, 2.75) is 18.9 Å². The lowest BCUT2D eigenvalue weighted by atomic mass is 10.2. The van der Waals surface area contributed by atoms with Crippen molar-refractivity contribution in [2.24, 2.45) is 0 Å². The Morgan fingerprint density at radius 2 is 2.60 bits per heavy atom. The van der Waals surface area contributed by atoms with Crippen LogP contribution in [0.15, 0.2) is 0 Å². The second-order valence-corrected chi connectivity index (χ2v) is 3.27. The van der Waals surface area contributed by atoms with Gasteiger partial charge in [0.1, 0.15) is 6.10 Å². The zero-order valence-corrected chi connectivity index (χ0v) is 6.95. The summed E-state index contributed by atoms with van der Waals surface area (Å²) in [6.07, 6.45) is 3.84. The maximum absolute atomic E-state index is 11.1. The van der Waals surface area contributed by atoms with E-state index in [-0.39, 0.29) is 11.9 Å². The minimum Gasteiger partial charge on any atom is -0.370 e. The van der Waals surface area contributed by atoms with Crippen molar-refractivity contribution >= 4 is 17.5 Å². The fourth-order valence-electron chi connectivity index (χ4n) is 1.07. The topological polar surface area (TPSA) is 26.3 Å². The van der Waals surface area contributed by atoms with Crippen LogP contribution in [0, 0.1) is 0 Å². The second kappa shape index (κ2) is 3.98. The summed E-state index contributed by atoms with van der Waals surface area (Å²) in [5, 5.41) is 0. The average Bonchev–Trinajstić information content (AvgIpc) is 2.38. The smallest absolute Gasteiger partial charge is 0.171 e. The van der Waals surface area contributed by atoms with Gasteiger partial charge in [-0.1, -0.05) is 0 Å². The van der Waals surface area contributed by atoms with Crippen molar-refractivity contribution in [3.63, 3.8) is 0 Å². The normalized spacial score (nSPS) is 25.1. The fraction of sp³-hybridized carbons (Fsp3) is 0.857. The lowest BCUT2D eigenvalue weighted by Crippen LogP contribution is -2.20. The molecule has 0 aromatic heterocycles. The number of Topliss-reactive ketones (excluding diaryl/α,β-unsaturated/α-hetero) is 1. The Bertz CT molecular complexity index is 119. The fourth-order valence-corrected chi connectivity index (χ4v) is 1.54. The van der Waals surface area contributed by atoms with Gasteiger partial charge in [0.15, 0.2) is 5.78 Å². The summed E-state index contributed by atoms with van der Waals surface area (Å²) in [5.41, 5.74) is 0. The molecule has 1 fully saturated rings. The Labute approximate surface area is 65.3 Å². The van der Waals surface area contributed by atoms with Gasteiger partial charge in [0.05, 0.1) is 5.75 Å². The van der Waals surface area contributed by atoms with Gasteiger partial charge in [0.2, 0.25) is 0 Å². The Kier molecular flexibility index (Phi) is 3.22. The monoisotopic (exact) mass is 160 g/mol. The van der Waals surface area contributed by atoms with Crippen LogP contribution in [0.3, 0.4) is 0 Å². The molecule has 1 aliphatic rings. The van der Waals surface area contributed by atoms with Crippen LogP contribution in [-0.4, -0.2) is 30.5 Å². The molecule has 1 rings (SSSR count). The molecule has 1 saturated heterocycles. The molecule has 0 N–H and O–H groups in total. The van der Waals surface area contributed by atoms with Crippen LogP contribution >= 0.6 is 11.8 Å². The molecule has 2 nitrogen and oxygen atoms in total. The molecule has 1 unspecified atom stereocenters. The molecule has 10 heavy (non-hydrogen) atoms. The molecular formula is C7H12O2S. The number of ether oxygens (including phenoxy) is 1. The van der Waals surface area contributed by atoms with Crippen LogP contribution in [0.5, 0.6) is 0 Å². The van der Waals surface area contributed by atoms with Gasteiger partial charge >= 0.3 is 0 Å². The highest BCUT2D eigenvalue weighted by Crippen LogP contribution is 2.14. The van der Waals surface area contributed by atoms with Crippen molar-refractivity contribution in [2.75, 3.05) is 18.6 Å². The van der Waals surface area contributed by atoms with E-state index in [0.29, 0.717) is 5.75 Å². The van der Waals surface area contributed by atoms with Crippen LogP contribution in [0.2, 0.25) is 0 Å². The molecule has 0 radical (unpaired) electrons. The lowest BCUT2D eigenvalue weighted by molar-refractivity contribution is -0.125. The number of thioether (sulfide) groups is 1. The maximum Gasteiger partial charge on any atom is 0.171 e. The standard InChI is InChI=1S/C7H12O2S/c1-10-5-6(8)7-3-2-4-9-7/h7H,2-5H2,1H3. The molecule has 0 aromatic rings. The number of carbonyl (C=O) groups is 1. The van der Waals surface area contributed by atoms with Crippen LogP contribution in [0.25, 0.3) is 0 Å². The largest absolute Gasteiger partial charge is 0.370 e. The van der Waals surface area contributed by atoms with Crippen LogP contribution in [-0.2, 0) is 9.53 Å². The molecule has 0 saturated carbocycles. The minimum absolute atomic E-state index is 0.0764. The Morgan fingerprint density at radius 1 is 1.80 bits per heavy atom. The van der Waals surface area contributed by atoms with E-state index in [0.717, 1.165) is 19.4 Å². The third kappa shape index (κ3) is 1.99. The quantitative estimate of drug-likeness (QED) is 0.618. The van der Waals surface area contributed by atoms with Gasteiger partial charge in [0, 0.05) is 6.61 Å². The van der Waals surface area contributed by atoms with Gasteiger partial charge in [-0.2, -0.15) is 11.8 Å². The number of hydrogen-bond acceptors (Lipinski definition) is 3. The molecule has 0 aliphatic carbocycles. The highest BCUT2D eigenvalue weighted by molar-refractivity contribution is 7.99. The predicted octanol–water partition coefficient (Wildman–Crippen LogP) is 1.10. The summed E-state index contributed by atoms with van der Waals surface area (Å²) >= 11 is 1.57. The number of hydrogen-bond donors (Lipinski definition) is 0. The van der Waals surface area contributed by atoms with E-state index in [2.05, 4.69) is 0 Å². The van der Waals surface area contributed by atoms with E-state index in [9.17, 15) is 4.79 Å². The zero-order chi connectivity index (χ0) is 7.40. The molecule has 0 amide bonds. The van der Waals surface area contributed by atoms with Crippen molar-refractivity contribution in [3.05, 3.63) is 0 Å². The van der Waals surface area contributed by atoms with Gasteiger partial charge in [0.25, 0.3) is 0 Å². The Hall–Kier alpha value is -0.0200. The summed E-state index contributed by atoms with van der Waals surface area (Å²) in [6.45, 7) is 0.769. The van der Waals surface area contributed by atoms with E-state index in [1.165, 1.54) is 0 Å². The van der Waals surface area contributed by atoms with Crippen LogP contribution in [0.1, 0.15) is 12.8 Å². The van der Waals surface area contributed by atoms with Crippen molar-refractivity contribution in [1.82, 2.24) is 0 Å². The number of rotatable bonds is 3. The average molecular weight is 160 g/mol. The Balaban J connectivity index is 2.25. The van der Waals surface area contributed by atoms with Gasteiger partial charge in [-0.15, -0.1) is 0 Å². The van der Waals surface area contributed by atoms with Crippen molar-refractivity contribution < 1.29 is 9.53 Å². The molecular weight excluding hydrogens is 148 g/mol. The van der Waals surface area contributed by atoms with Gasteiger partial charge < -0.3 is 4.74 Å². The first kappa shape index (κ1) is 8.08. The van der Waals surface area contributed by atoms with Crippen molar-refractivity contribution in [3.8, 4) is 0 Å². The van der Waals surface area contributed by atoms with Gasteiger partial charge in [-0.3, -0.25) is 4.79 Å². The molecule has 1 heterocycles. The van der Waals surface area contributed by atoms with E-state index in [1.807, 2.05) is 6.26 Å². The highest BCUT2D eigenvalue weighted by Gasteiger charge is 2.22. The summed E-state index contributed by atoms with van der Waals surface area (Å²) < 4.78 is 5.20. The summed E-state index contributed by atoms with van der Waals surface area (Å²) in [7, 11) is 0. The highest BCUT2D eigenvalue weighted by atomic mass is 32.2. The molecule has 1 aliphatic heterocycles. The first-order valence-electron chi connectivity index (χ1n) is 3.48. The van der Waals surface area contributed by atoms with Gasteiger partial charge in [-0.25, -0.2) is 0 Å². The van der Waals surface area contributed by atoms with E-state index >= 15 is 0 Å². The molecule has 58 valence electrons. The third-order valence-corrected chi connectivity index (χ3v) is 2.15. The van der Waals surface area contributed by atoms with Crippen LogP contribution < -0.4 is 0 Å². The minimum atomic E-state index is -0.0764. The molecule has 0 bridgehead atoms. The van der Waals surface area contributed by atoms with Crippen LogP contribution in [0.4, 0.5) is 0 Å². The first-order valence-corrected chi connectivity index (χ1v) is 4.87. The van der Waals surface area contributed by atoms with Gasteiger partial charge in [-0.05, 0) is 19.1 Å². The van der Waals surface area contributed by atoms with E-state index in [4.69, 9.17) is 4.74 Å². The maximum atomic E-state index is 11.1. The summed E-state index contributed by atoms with van der Waals surface area (Å²) in [6, 6.07) is 0. The third-order valence-electron chi connectivity index (χ3n) is 1.58. The van der Waals surface area contributed by atoms with E-state index < -0.39 is 0 Å². The summed E-state index contributed by atoms with van der Waals surface area (Å²) in [5.74, 6) is 0.856. The molecule has 0 spiro atoms. The van der Waals surface area contributed by atoms with E-state index in [1.54, 1.807) is 11.8 Å². The first-order chi connectivity index (χ1) is 4.84.